The number of anilines is 5. The Balaban J connectivity index is 1.53. The molecule has 5 rings (SSSR count). The van der Waals surface area contributed by atoms with E-state index in [4.69, 9.17) is 0 Å². The van der Waals surface area contributed by atoms with Crippen LogP contribution in [0.15, 0.2) is 140 Å². The van der Waals surface area contributed by atoms with Crippen molar-refractivity contribution < 1.29 is 0 Å². The van der Waals surface area contributed by atoms with Crippen molar-refractivity contribution in [1.82, 2.24) is 0 Å². The first-order valence-corrected chi connectivity index (χ1v) is 10.8. The molecule has 0 aliphatic carbocycles. The second-order valence-electron chi connectivity index (χ2n) is 7.59. The van der Waals surface area contributed by atoms with E-state index in [0.29, 0.717) is 0 Å². The molecule has 0 aromatic heterocycles. The van der Waals surface area contributed by atoms with Crippen molar-refractivity contribution in [1.29, 1.82) is 0 Å². The fourth-order valence-electron chi connectivity index (χ4n) is 3.94. The van der Waals surface area contributed by atoms with Crippen LogP contribution in [0.2, 0.25) is 0 Å². The van der Waals surface area contributed by atoms with Crippen LogP contribution in [0.25, 0.3) is 11.1 Å². The van der Waals surface area contributed by atoms with E-state index in [-0.39, 0.29) is 0 Å². The first-order chi connectivity index (χ1) is 15.9. The third-order valence-electron chi connectivity index (χ3n) is 5.42. The topological polar surface area (TPSA) is 15.3 Å². The Bertz CT molecular complexity index is 1240. The summed E-state index contributed by atoms with van der Waals surface area (Å²) in [4.78, 5) is 2.27. The molecule has 0 heterocycles. The zero-order valence-electron chi connectivity index (χ0n) is 17.7. The molecule has 0 fully saturated rings. The van der Waals surface area contributed by atoms with Crippen molar-refractivity contribution >= 4 is 28.4 Å². The highest BCUT2D eigenvalue weighted by Crippen LogP contribution is 2.36. The molecular weight excluding hydrogens is 388 g/mol. The highest BCUT2D eigenvalue weighted by molar-refractivity contribution is 5.83. The van der Waals surface area contributed by atoms with Gasteiger partial charge in [-0.1, -0.05) is 91.0 Å². The lowest BCUT2D eigenvalue weighted by Gasteiger charge is -2.26. The first kappa shape index (κ1) is 19.7. The van der Waals surface area contributed by atoms with Gasteiger partial charge in [0, 0.05) is 34.0 Å². The van der Waals surface area contributed by atoms with Gasteiger partial charge in [-0.2, -0.15) is 0 Å². The van der Waals surface area contributed by atoms with E-state index < -0.39 is 0 Å². The highest BCUT2D eigenvalue weighted by Gasteiger charge is 2.12. The van der Waals surface area contributed by atoms with E-state index in [0.717, 1.165) is 28.4 Å². The number of nitrogens with zero attached hydrogens (tertiary/aromatic N) is 1. The van der Waals surface area contributed by atoms with Crippen LogP contribution in [-0.4, -0.2) is 0 Å². The zero-order chi connectivity index (χ0) is 21.6. The van der Waals surface area contributed by atoms with E-state index in [1.54, 1.807) is 0 Å². The molecule has 0 aliphatic rings. The molecule has 0 amide bonds. The van der Waals surface area contributed by atoms with E-state index in [9.17, 15) is 0 Å². The van der Waals surface area contributed by atoms with E-state index in [1.807, 2.05) is 18.2 Å². The van der Waals surface area contributed by atoms with E-state index in [1.165, 1.54) is 11.1 Å². The van der Waals surface area contributed by atoms with Crippen molar-refractivity contribution in [2.75, 3.05) is 10.2 Å². The van der Waals surface area contributed by atoms with Gasteiger partial charge in [0.15, 0.2) is 0 Å². The number of para-hydroxylation sites is 3. The van der Waals surface area contributed by atoms with Crippen LogP contribution < -0.4 is 10.2 Å². The van der Waals surface area contributed by atoms with Gasteiger partial charge >= 0.3 is 0 Å². The van der Waals surface area contributed by atoms with Crippen molar-refractivity contribution in [3.63, 3.8) is 0 Å². The summed E-state index contributed by atoms with van der Waals surface area (Å²) in [5, 5.41) is 3.64. The SMILES string of the molecule is c1ccc(-c2ccccc2Nc2cccc(N(c3ccccc3)c3ccccc3)c2)cc1. The number of hydrogen-bond donors (Lipinski definition) is 1. The van der Waals surface area contributed by atoms with E-state index >= 15 is 0 Å². The third-order valence-corrected chi connectivity index (χ3v) is 5.42. The Morgan fingerprint density at radius 1 is 0.438 bits per heavy atom. The summed E-state index contributed by atoms with van der Waals surface area (Å²) in [6.45, 7) is 0. The first-order valence-electron chi connectivity index (χ1n) is 10.8. The van der Waals surface area contributed by atoms with Crippen molar-refractivity contribution in [3.8, 4) is 11.1 Å². The number of nitrogens with one attached hydrogen (secondary N) is 1. The second-order valence-corrected chi connectivity index (χ2v) is 7.59. The maximum atomic E-state index is 3.64. The van der Waals surface area contributed by atoms with Crippen molar-refractivity contribution in [2.24, 2.45) is 0 Å². The molecule has 0 spiro atoms. The van der Waals surface area contributed by atoms with E-state index in [2.05, 4.69) is 132 Å². The summed E-state index contributed by atoms with van der Waals surface area (Å²) in [5.41, 5.74) is 7.86. The van der Waals surface area contributed by atoms with Gasteiger partial charge in [0.05, 0.1) is 0 Å². The number of rotatable bonds is 6. The summed E-state index contributed by atoms with van der Waals surface area (Å²) in [6.07, 6.45) is 0. The minimum absolute atomic E-state index is 1.04. The predicted molar refractivity (Wildman–Crippen MR) is 136 cm³/mol. The quantitative estimate of drug-likeness (QED) is 0.300. The molecule has 0 unspecified atom stereocenters. The smallest absolute Gasteiger partial charge is 0.0482 e. The van der Waals surface area contributed by atoms with Gasteiger partial charge in [-0.05, 0) is 54.1 Å². The Morgan fingerprint density at radius 2 is 0.969 bits per heavy atom. The number of hydrogen-bond acceptors (Lipinski definition) is 2. The lowest BCUT2D eigenvalue weighted by Crippen LogP contribution is -2.09. The summed E-state index contributed by atoms with van der Waals surface area (Å²) >= 11 is 0. The van der Waals surface area contributed by atoms with Gasteiger partial charge < -0.3 is 10.2 Å². The third kappa shape index (κ3) is 4.26. The minimum Gasteiger partial charge on any atom is -0.355 e. The van der Waals surface area contributed by atoms with Gasteiger partial charge in [-0.15, -0.1) is 0 Å². The molecule has 2 heteroatoms. The monoisotopic (exact) mass is 412 g/mol. The van der Waals surface area contributed by atoms with Crippen LogP contribution in [0.4, 0.5) is 28.4 Å². The molecule has 154 valence electrons. The molecule has 5 aromatic rings. The molecule has 5 aromatic carbocycles. The average Bonchev–Trinajstić information content (AvgIpc) is 2.87. The molecule has 0 saturated heterocycles. The van der Waals surface area contributed by atoms with Gasteiger partial charge in [0.25, 0.3) is 0 Å². The van der Waals surface area contributed by atoms with Crippen LogP contribution in [-0.2, 0) is 0 Å². The standard InChI is InChI=1S/C30H24N2/c1-4-13-24(14-5-1)29-21-10-11-22-30(29)31-25-15-12-20-28(23-25)32(26-16-6-2-7-17-26)27-18-8-3-9-19-27/h1-23,31H. The molecule has 0 bridgehead atoms. The predicted octanol–water partition coefficient (Wildman–Crippen LogP) is 8.57. The van der Waals surface area contributed by atoms with Gasteiger partial charge in [0.2, 0.25) is 0 Å². The lowest BCUT2D eigenvalue weighted by atomic mass is 10.0. The minimum atomic E-state index is 1.04. The van der Waals surface area contributed by atoms with Crippen molar-refractivity contribution in [2.45, 2.75) is 0 Å². The maximum Gasteiger partial charge on any atom is 0.0482 e. The molecule has 0 aliphatic heterocycles. The van der Waals surface area contributed by atoms with Gasteiger partial charge in [-0.25, -0.2) is 0 Å². The maximum absolute atomic E-state index is 3.64. The lowest BCUT2D eigenvalue weighted by molar-refractivity contribution is 1.28. The van der Waals surface area contributed by atoms with Crippen LogP contribution in [0.3, 0.4) is 0 Å². The zero-order valence-corrected chi connectivity index (χ0v) is 17.7. The molecule has 32 heavy (non-hydrogen) atoms. The largest absolute Gasteiger partial charge is 0.355 e. The molecule has 0 saturated carbocycles. The molecule has 0 atom stereocenters. The fourth-order valence-corrected chi connectivity index (χ4v) is 3.94. The molecular formula is C30H24N2. The highest BCUT2D eigenvalue weighted by atomic mass is 15.1. The fraction of sp³-hybridized carbons (Fsp3) is 0. The average molecular weight is 413 g/mol. The van der Waals surface area contributed by atoms with Crippen molar-refractivity contribution in [3.05, 3.63) is 140 Å². The van der Waals surface area contributed by atoms with Gasteiger partial charge in [0.1, 0.15) is 0 Å². The van der Waals surface area contributed by atoms with Gasteiger partial charge in [-0.3, -0.25) is 0 Å². The Kier molecular flexibility index (Phi) is 5.67. The molecule has 0 radical (unpaired) electrons. The summed E-state index contributed by atoms with van der Waals surface area (Å²) in [5.74, 6) is 0. The second kappa shape index (κ2) is 9.23. The van der Waals surface area contributed by atoms with Crippen LogP contribution in [0, 0.1) is 0 Å². The van der Waals surface area contributed by atoms with Crippen LogP contribution in [0.5, 0.6) is 0 Å². The summed E-state index contributed by atoms with van der Waals surface area (Å²) < 4.78 is 0. The molecule has 2 nitrogen and oxygen atoms in total. The Hall–Kier alpha value is -4.30. The normalized spacial score (nSPS) is 10.5. The Morgan fingerprint density at radius 3 is 1.62 bits per heavy atom. The summed E-state index contributed by atoms with van der Waals surface area (Å²) in [6, 6.07) is 48.4. The van der Waals surface area contributed by atoms with Crippen LogP contribution in [0.1, 0.15) is 0 Å². The molecule has 1 N–H and O–H groups in total. The Labute approximate surface area is 189 Å². The number of benzene rings is 5. The van der Waals surface area contributed by atoms with Crippen LogP contribution >= 0.6 is 0 Å². The summed E-state index contributed by atoms with van der Waals surface area (Å²) in [7, 11) is 0.